The van der Waals surface area contributed by atoms with E-state index >= 15 is 0 Å². The van der Waals surface area contributed by atoms with Crippen LogP contribution in [-0.4, -0.2) is 9.55 Å². The number of rotatable bonds is 2. The van der Waals surface area contributed by atoms with Gasteiger partial charge in [-0.15, -0.1) is 0 Å². The minimum Gasteiger partial charge on any atom is -0.408 e. The van der Waals surface area contributed by atoms with E-state index in [4.69, 9.17) is 4.42 Å². The number of oxazole rings is 1. The van der Waals surface area contributed by atoms with Gasteiger partial charge < -0.3 is 8.98 Å². The van der Waals surface area contributed by atoms with E-state index in [-0.39, 0.29) is 23.5 Å². The van der Waals surface area contributed by atoms with Crippen molar-refractivity contribution in [1.29, 1.82) is 0 Å². The molecule has 0 fully saturated rings. The lowest BCUT2D eigenvalue weighted by Crippen LogP contribution is -2.23. The van der Waals surface area contributed by atoms with E-state index in [0.717, 1.165) is 0 Å². The first-order valence-electron chi connectivity index (χ1n) is 6.03. The molecule has 5 nitrogen and oxygen atoms in total. The van der Waals surface area contributed by atoms with Crippen molar-refractivity contribution in [2.24, 2.45) is 0 Å². The zero-order valence-corrected chi connectivity index (χ0v) is 10.6. The van der Waals surface area contributed by atoms with E-state index in [9.17, 15) is 14.0 Å². The number of benzene rings is 1. The summed E-state index contributed by atoms with van der Waals surface area (Å²) in [5.41, 5.74) is 0.893. The van der Waals surface area contributed by atoms with Gasteiger partial charge >= 0.3 is 5.76 Å². The fourth-order valence-corrected chi connectivity index (χ4v) is 2.16. The van der Waals surface area contributed by atoms with Crippen molar-refractivity contribution in [3.63, 3.8) is 0 Å². The summed E-state index contributed by atoms with van der Waals surface area (Å²) >= 11 is 0. The maximum atomic E-state index is 13.7. The van der Waals surface area contributed by atoms with Gasteiger partial charge in [0, 0.05) is 17.3 Å². The molecule has 0 radical (unpaired) electrons. The molecular weight excluding hydrogens is 263 g/mol. The molecule has 0 amide bonds. The zero-order chi connectivity index (χ0) is 14.3. The smallest absolute Gasteiger partial charge is 0.408 e. The quantitative estimate of drug-likeness (QED) is 0.774. The molecular formula is C14H11FN2O3. The highest BCUT2D eigenvalue weighted by atomic mass is 19.1. The van der Waals surface area contributed by atoms with Crippen LogP contribution in [0.5, 0.6) is 0 Å². The van der Waals surface area contributed by atoms with E-state index in [2.05, 4.69) is 4.98 Å². The summed E-state index contributed by atoms with van der Waals surface area (Å²) in [4.78, 5) is 25.8. The van der Waals surface area contributed by atoms with Crippen LogP contribution in [0.25, 0.3) is 11.1 Å². The molecule has 0 bridgehead atoms. The van der Waals surface area contributed by atoms with Gasteiger partial charge in [0.25, 0.3) is 5.56 Å². The molecule has 0 unspecified atom stereocenters. The molecule has 0 spiro atoms. The lowest BCUT2D eigenvalue weighted by atomic mass is 10.2. The Kier molecular flexibility index (Phi) is 2.78. The second-order valence-corrected chi connectivity index (χ2v) is 4.52. The fraction of sp³-hybridized carbons (Fsp3) is 0.143. The summed E-state index contributed by atoms with van der Waals surface area (Å²) in [6, 6.07) is 7.83. The van der Waals surface area contributed by atoms with E-state index in [1.54, 1.807) is 31.2 Å². The first kappa shape index (κ1) is 12.4. The standard InChI is InChI=1S/C14H11FN2O3/c1-8-6-11-12(16-14(19)20-11)13(18)17(8)7-9-4-2-3-5-10(9)15/h2-6H,7H2,1H3,(H,16,19). The van der Waals surface area contributed by atoms with Crippen molar-refractivity contribution in [3.8, 4) is 0 Å². The number of pyridine rings is 1. The number of aryl methyl sites for hydroxylation is 1. The van der Waals surface area contributed by atoms with E-state index in [1.807, 2.05) is 0 Å². The van der Waals surface area contributed by atoms with E-state index in [1.165, 1.54) is 10.6 Å². The number of nitrogens with one attached hydrogen (secondary N) is 1. The molecule has 0 aliphatic carbocycles. The summed E-state index contributed by atoms with van der Waals surface area (Å²) in [7, 11) is 0. The molecule has 1 aromatic carbocycles. The first-order chi connectivity index (χ1) is 9.56. The molecule has 0 atom stereocenters. The van der Waals surface area contributed by atoms with Gasteiger partial charge in [-0.2, -0.15) is 0 Å². The third kappa shape index (κ3) is 1.95. The van der Waals surface area contributed by atoms with Crippen LogP contribution in [0, 0.1) is 12.7 Å². The number of fused-ring (bicyclic) bond motifs is 1. The van der Waals surface area contributed by atoms with Gasteiger partial charge in [0.05, 0.1) is 6.54 Å². The summed E-state index contributed by atoms with van der Waals surface area (Å²) in [6.07, 6.45) is 0. The third-order valence-electron chi connectivity index (χ3n) is 3.19. The van der Waals surface area contributed by atoms with Crippen molar-refractivity contribution in [3.05, 3.63) is 68.3 Å². The van der Waals surface area contributed by atoms with Crippen LogP contribution >= 0.6 is 0 Å². The van der Waals surface area contributed by atoms with Crippen molar-refractivity contribution in [2.75, 3.05) is 0 Å². The molecule has 1 N–H and O–H groups in total. The van der Waals surface area contributed by atoms with Gasteiger partial charge in [0.2, 0.25) is 0 Å². The average molecular weight is 274 g/mol. The number of halogens is 1. The first-order valence-corrected chi connectivity index (χ1v) is 6.03. The van der Waals surface area contributed by atoms with Crippen molar-refractivity contribution < 1.29 is 8.81 Å². The minimum absolute atomic E-state index is 0.0944. The number of aromatic nitrogens is 2. The van der Waals surface area contributed by atoms with Gasteiger partial charge in [-0.1, -0.05) is 18.2 Å². The summed E-state index contributed by atoms with van der Waals surface area (Å²) in [5, 5.41) is 0. The number of aromatic amines is 1. The summed E-state index contributed by atoms with van der Waals surface area (Å²) in [6.45, 7) is 1.80. The largest absolute Gasteiger partial charge is 0.417 e. The van der Waals surface area contributed by atoms with Crippen LogP contribution in [0.3, 0.4) is 0 Å². The van der Waals surface area contributed by atoms with Crippen LogP contribution in [0.4, 0.5) is 4.39 Å². The Morgan fingerprint density at radius 2 is 2.05 bits per heavy atom. The molecule has 0 aliphatic heterocycles. The van der Waals surface area contributed by atoms with Gasteiger partial charge in [-0.25, -0.2) is 9.18 Å². The van der Waals surface area contributed by atoms with Crippen molar-refractivity contribution in [2.45, 2.75) is 13.5 Å². The predicted octanol–water partition coefficient (Wildman–Crippen LogP) is 1.78. The van der Waals surface area contributed by atoms with Gasteiger partial charge in [0.15, 0.2) is 11.1 Å². The third-order valence-corrected chi connectivity index (χ3v) is 3.19. The number of H-pyrrole nitrogens is 1. The van der Waals surface area contributed by atoms with Crippen LogP contribution in [0.15, 0.2) is 44.3 Å². The highest BCUT2D eigenvalue weighted by molar-refractivity contribution is 5.71. The summed E-state index contributed by atoms with van der Waals surface area (Å²) in [5.74, 6) is -1.06. The monoisotopic (exact) mass is 274 g/mol. The molecule has 3 aromatic rings. The van der Waals surface area contributed by atoms with Crippen LogP contribution < -0.4 is 11.3 Å². The second kappa shape index (κ2) is 4.48. The number of hydrogen-bond donors (Lipinski definition) is 1. The van der Waals surface area contributed by atoms with Gasteiger partial charge in [0.1, 0.15) is 5.82 Å². The van der Waals surface area contributed by atoms with Crippen LogP contribution in [0.1, 0.15) is 11.3 Å². The molecule has 3 rings (SSSR count). The molecule has 20 heavy (non-hydrogen) atoms. The van der Waals surface area contributed by atoms with E-state index < -0.39 is 11.3 Å². The Morgan fingerprint density at radius 3 is 2.80 bits per heavy atom. The molecule has 0 saturated heterocycles. The molecule has 0 saturated carbocycles. The molecule has 0 aliphatic rings. The molecule has 2 heterocycles. The highest BCUT2D eigenvalue weighted by Crippen LogP contribution is 2.12. The number of nitrogens with zero attached hydrogens (tertiary/aromatic N) is 1. The predicted molar refractivity (Wildman–Crippen MR) is 71.3 cm³/mol. The second-order valence-electron chi connectivity index (χ2n) is 4.52. The molecule has 2 aromatic heterocycles. The Bertz CT molecular complexity index is 905. The van der Waals surface area contributed by atoms with Crippen LogP contribution in [-0.2, 0) is 6.54 Å². The molecule has 6 heteroatoms. The Morgan fingerprint density at radius 1 is 1.30 bits per heavy atom. The maximum Gasteiger partial charge on any atom is 0.417 e. The zero-order valence-electron chi connectivity index (χ0n) is 10.6. The van der Waals surface area contributed by atoms with Crippen molar-refractivity contribution in [1.82, 2.24) is 9.55 Å². The SMILES string of the molecule is Cc1cc2oc(=O)[nH]c2c(=O)n1Cc1ccccc1F. The fourth-order valence-electron chi connectivity index (χ4n) is 2.16. The lowest BCUT2D eigenvalue weighted by Gasteiger charge is -2.10. The highest BCUT2D eigenvalue weighted by Gasteiger charge is 2.12. The molecule has 102 valence electrons. The number of hydrogen-bond acceptors (Lipinski definition) is 3. The normalized spacial score (nSPS) is 11.1. The topological polar surface area (TPSA) is 68.0 Å². The maximum absolute atomic E-state index is 13.7. The average Bonchev–Trinajstić information content (AvgIpc) is 2.77. The minimum atomic E-state index is -0.680. The Balaban J connectivity index is 2.19. The van der Waals surface area contributed by atoms with Gasteiger partial charge in [-0.3, -0.25) is 9.78 Å². The summed E-state index contributed by atoms with van der Waals surface area (Å²) < 4.78 is 19.9. The van der Waals surface area contributed by atoms with Crippen LogP contribution in [0.2, 0.25) is 0 Å². The Hall–Kier alpha value is -2.63. The Labute approximate surface area is 112 Å². The van der Waals surface area contributed by atoms with E-state index in [0.29, 0.717) is 11.3 Å². The van der Waals surface area contributed by atoms with Gasteiger partial charge in [-0.05, 0) is 13.0 Å². The lowest BCUT2D eigenvalue weighted by molar-refractivity contribution is 0.554. The van der Waals surface area contributed by atoms with Crippen molar-refractivity contribution >= 4 is 11.1 Å².